The molecule has 0 bridgehead atoms. The fourth-order valence-electron chi connectivity index (χ4n) is 2.36. The van der Waals surface area contributed by atoms with Crippen LogP contribution in [0.25, 0.3) is 11.1 Å². The van der Waals surface area contributed by atoms with Crippen molar-refractivity contribution in [3.8, 4) is 0 Å². The number of hydrogen-bond donors (Lipinski definition) is 1. The fraction of sp³-hybridized carbons (Fsp3) is 0.235. The van der Waals surface area contributed by atoms with Crippen LogP contribution in [0, 0.1) is 6.92 Å². The smallest absolute Gasteiger partial charge is 0.212 e. The van der Waals surface area contributed by atoms with E-state index in [9.17, 15) is 8.42 Å². The summed E-state index contributed by atoms with van der Waals surface area (Å²) in [4.78, 5) is 4.22. The van der Waals surface area contributed by atoms with Gasteiger partial charge in [0.2, 0.25) is 10.0 Å². The molecule has 1 heterocycles. The van der Waals surface area contributed by atoms with Gasteiger partial charge in [0, 0.05) is 13.5 Å². The highest BCUT2D eigenvalue weighted by Crippen LogP contribution is 2.17. The Bertz CT molecular complexity index is 902. The van der Waals surface area contributed by atoms with Gasteiger partial charge in [-0.1, -0.05) is 36.4 Å². The van der Waals surface area contributed by atoms with Crippen molar-refractivity contribution in [2.45, 2.75) is 19.9 Å². The standard InChI is InChI=1S/C17H18N2O3S/c1-13-19-16-8-7-15(11-17(16)22-13)12-18-23(20,21)10-9-14-5-3-2-4-6-14/h2-8,11,18H,9-10,12H2,1H3. The molecule has 0 fully saturated rings. The van der Waals surface area contributed by atoms with E-state index in [2.05, 4.69) is 9.71 Å². The minimum atomic E-state index is -3.32. The average Bonchev–Trinajstić information content (AvgIpc) is 2.91. The normalized spacial score (nSPS) is 11.9. The Balaban J connectivity index is 1.61. The Morgan fingerprint density at radius 2 is 1.87 bits per heavy atom. The van der Waals surface area contributed by atoms with Crippen molar-refractivity contribution in [2.75, 3.05) is 5.75 Å². The van der Waals surface area contributed by atoms with Crippen molar-refractivity contribution in [3.05, 3.63) is 65.5 Å². The second-order valence-corrected chi connectivity index (χ2v) is 7.34. The SMILES string of the molecule is Cc1nc2ccc(CNS(=O)(=O)CCc3ccccc3)cc2o1. The third kappa shape index (κ3) is 4.18. The van der Waals surface area contributed by atoms with Gasteiger partial charge in [0.25, 0.3) is 0 Å². The molecule has 5 nitrogen and oxygen atoms in total. The van der Waals surface area contributed by atoms with E-state index in [-0.39, 0.29) is 12.3 Å². The molecule has 0 saturated carbocycles. The zero-order valence-electron chi connectivity index (χ0n) is 12.8. The van der Waals surface area contributed by atoms with Crippen LogP contribution in [0.2, 0.25) is 0 Å². The topological polar surface area (TPSA) is 72.2 Å². The molecule has 3 rings (SSSR count). The molecule has 0 amide bonds. The van der Waals surface area contributed by atoms with Gasteiger partial charge in [0.1, 0.15) is 5.52 Å². The number of nitrogens with one attached hydrogen (secondary N) is 1. The molecule has 3 aromatic rings. The molecule has 1 aromatic heterocycles. The van der Waals surface area contributed by atoms with Crippen molar-refractivity contribution in [1.82, 2.24) is 9.71 Å². The maximum atomic E-state index is 12.1. The molecule has 0 spiro atoms. The molecule has 2 aromatic carbocycles. The van der Waals surface area contributed by atoms with Crippen molar-refractivity contribution in [3.63, 3.8) is 0 Å². The number of hydrogen-bond acceptors (Lipinski definition) is 4. The molecule has 0 aliphatic carbocycles. The highest BCUT2D eigenvalue weighted by Gasteiger charge is 2.11. The van der Waals surface area contributed by atoms with Crippen LogP contribution in [-0.4, -0.2) is 19.2 Å². The van der Waals surface area contributed by atoms with Gasteiger partial charge in [-0.3, -0.25) is 0 Å². The minimum Gasteiger partial charge on any atom is -0.441 e. The van der Waals surface area contributed by atoms with Gasteiger partial charge in [0.05, 0.1) is 5.75 Å². The first-order valence-electron chi connectivity index (χ1n) is 7.39. The molecule has 120 valence electrons. The number of rotatable bonds is 6. The third-order valence-corrected chi connectivity index (χ3v) is 4.88. The number of fused-ring (bicyclic) bond motifs is 1. The summed E-state index contributed by atoms with van der Waals surface area (Å²) in [6, 6.07) is 15.1. The lowest BCUT2D eigenvalue weighted by molar-refractivity contribution is 0.560. The Hall–Kier alpha value is -2.18. The Morgan fingerprint density at radius 1 is 1.09 bits per heavy atom. The third-order valence-electron chi connectivity index (χ3n) is 3.56. The summed E-state index contributed by atoms with van der Waals surface area (Å²) in [6.07, 6.45) is 0.497. The first-order chi connectivity index (χ1) is 11.0. The van der Waals surface area contributed by atoms with Crippen LogP contribution in [0.1, 0.15) is 17.0 Å². The lowest BCUT2D eigenvalue weighted by Gasteiger charge is -2.07. The molecule has 1 N–H and O–H groups in total. The molecule has 0 aliphatic heterocycles. The van der Waals surface area contributed by atoms with E-state index in [0.29, 0.717) is 17.9 Å². The molecule has 23 heavy (non-hydrogen) atoms. The fourth-order valence-corrected chi connectivity index (χ4v) is 3.39. The van der Waals surface area contributed by atoms with Gasteiger partial charge in [-0.25, -0.2) is 18.1 Å². The molecular weight excluding hydrogens is 312 g/mol. The molecule has 6 heteroatoms. The number of nitrogens with zero attached hydrogens (tertiary/aromatic N) is 1. The maximum Gasteiger partial charge on any atom is 0.212 e. The number of sulfonamides is 1. The van der Waals surface area contributed by atoms with Gasteiger partial charge in [-0.05, 0) is 29.7 Å². The summed E-state index contributed by atoms with van der Waals surface area (Å²) in [6.45, 7) is 2.03. The van der Waals surface area contributed by atoms with Gasteiger partial charge >= 0.3 is 0 Å². The van der Waals surface area contributed by atoms with Gasteiger partial charge in [0.15, 0.2) is 11.5 Å². The quantitative estimate of drug-likeness (QED) is 0.754. The van der Waals surface area contributed by atoms with Crippen molar-refractivity contribution < 1.29 is 12.8 Å². The highest BCUT2D eigenvalue weighted by atomic mass is 32.2. The predicted molar refractivity (Wildman–Crippen MR) is 89.5 cm³/mol. The lowest BCUT2D eigenvalue weighted by atomic mass is 10.2. The van der Waals surface area contributed by atoms with E-state index < -0.39 is 10.0 Å². The van der Waals surface area contributed by atoms with Crippen molar-refractivity contribution >= 4 is 21.1 Å². The second-order valence-electron chi connectivity index (χ2n) is 5.41. The Morgan fingerprint density at radius 3 is 2.65 bits per heavy atom. The zero-order chi connectivity index (χ0) is 16.3. The van der Waals surface area contributed by atoms with Crippen LogP contribution in [-0.2, 0) is 23.0 Å². The minimum absolute atomic E-state index is 0.0701. The van der Waals surface area contributed by atoms with E-state index >= 15 is 0 Å². The summed E-state index contributed by atoms with van der Waals surface area (Å²) in [5.74, 6) is 0.668. The van der Waals surface area contributed by atoms with Crippen LogP contribution in [0.15, 0.2) is 52.9 Å². The van der Waals surface area contributed by atoms with Gasteiger partial charge < -0.3 is 4.42 Å². The largest absolute Gasteiger partial charge is 0.441 e. The zero-order valence-corrected chi connectivity index (χ0v) is 13.6. The maximum absolute atomic E-state index is 12.1. The molecule has 0 atom stereocenters. The first kappa shape index (κ1) is 15.7. The van der Waals surface area contributed by atoms with Crippen LogP contribution >= 0.6 is 0 Å². The molecular formula is C17H18N2O3S. The molecule has 0 unspecified atom stereocenters. The number of benzene rings is 2. The number of aromatic nitrogens is 1. The van der Waals surface area contributed by atoms with E-state index in [1.54, 1.807) is 6.92 Å². The van der Waals surface area contributed by atoms with E-state index in [1.807, 2.05) is 48.5 Å². The summed E-state index contributed by atoms with van der Waals surface area (Å²) < 4.78 is 32.3. The Labute approximate surface area is 135 Å². The summed E-state index contributed by atoms with van der Waals surface area (Å²) >= 11 is 0. The Kier molecular flexibility index (Phi) is 4.45. The van der Waals surface area contributed by atoms with E-state index in [1.165, 1.54) is 0 Å². The number of aryl methyl sites for hydroxylation is 2. The molecule has 0 radical (unpaired) electrons. The molecule has 0 saturated heterocycles. The molecule has 0 aliphatic rings. The van der Waals surface area contributed by atoms with Gasteiger partial charge in [-0.15, -0.1) is 0 Å². The summed E-state index contributed by atoms with van der Waals surface area (Å²) in [5.41, 5.74) is 3.30. The van der Waals surface area contributed by atoms with Crippen molar-refractivity contribution in [1.29, 1.82) is 0 Å². The second kappa shape index (κ2) is 6.52. The van der Waals surface area contributed by atoms with Gasteiger partial charge in [-0.2, -0.15) is 0 Å². The predicted octanol–water partition coefficient (Wildman–Crippen LogP) is 2.80. The van der Waals surface area contributed by atoms with Crippen LogP contribution in [0.3, 0.4) is 0 Å². The van der Waals surface area contributed by atoms with Crippen LogP contribution < -0.4 is 4.72 Å². The monoisotopic (exact) mass is 330 g/mol. The van der Waals surface area contributed by atoms with Crippen LogP contribution in [0.5, 0.6) is 0 Å². The number of oxazole rings is 1. The van der Waals surface area contributed by atoms with Crippen molar-refractivity contribution in [2.24, 2.45) is 0 Å². The first-order valence-corrected chi connectivity index (χ1v) is 9.04. The van der Waals surface area contributed by atoms with E-state index in [0.717, 1.165) is 16.6 Å². The highest BCUT2D eigenvalue weighted by molar-refractivity contribution is 7.89. The van der Waals surface area contributed by atoms with Crippen LogP contribution in [0.4, 0.5) is 0 Å². The van der Waals surface area contributed by atoms with E-state index in [4.69, 9.17) is 4.42 Å². The average molecular weight is 330 g/mol. The summed E-state index contributed by atoms with van der Waals surface area (Å²) in [7, 11) is -3.32. The summed E-state index contributed by atoms with van der Waals surface area (Å²) in [5, 5.41) is 0. The lowest BCUT2D eigenvalue weighted by Crippen LogP contribution is -2.26.